The van der Waals surface area contributed by atoms with E-state index in [1.165, 1.54) is 16.7 Å². The number of aromatic nitrogens is 3. The van der Waals surface area contributed by atoms with Gasteiger partial charge in [-0.2, -0.15) is 15.0 Å². The zero-order chi connectivity index (χ0) is 23.0. The summed E-state index contributed by atoms with van der Waals surface area (Å²) in [4.78, 5) is 20.7. The van der Waals surface area contributed by atoms with E-state index >= 15 is 0 Å². The molecule has 0 aliphatic carbocycles. The van der Waals surface area contributed by atoms with Gasteiger partial charge in [-0.25, -0.2) is 0 Å². The monoisotopic (exact) mass is 438 g/mol. The molecule has 6 nitrogen and oxygen atoms in total. The van der Waals surface area contributed by atoms with Crippen LogP contribution >= 0.6 is 0 Å². The Morgan fingerprint density at radius 3 is 0.909 bits per heavy atom. The molecule has 0 atom stereocenters. The van der Waals surface area contributed by atoms with Crippen LogP contribution in [-0.4, -0.2) is 36.1 Å². The van der Waals surface area contributed by atoms with Gasteiger partial charge in [0.05, 0.1) is 0 Å². The molecule has 0 saturated carbocycles. The molecule has 3 aromatic carbocycles. The molecule has 168 valence electrons. The average molecular weight is 439 g/mol. The van der Waals surface area contributed by atoms with Crippen molar-refractivity contribution in [2.75, 3.05) is 35.8 Å². The van der Waals surface area contributed by atoms with Crippen molar-refractivity contribution in [2.45, 2.75) is 19.6 Å². The van der Waals surface area contributed by atoms with Gasteiger partial charge in [0.1, 0.15) is 0 Å². The molecule has 0 bridgehead atoms. The second-order valence-corrected chi connectivity index (χ2v) is 8.26. The Morgan fingerprint density at radius 2 is 0.667 bits per heavy atom. The minimum atomic E-state index is 0.652. The quantitative estimate of drug-likeness (QED) is 0.375. The Kier molecular flexibility index (Phi) is 7.15. The molecular weight excluding hydrogens is 408 g/mol. The van der Waals surface area contributed by atoms with Gasteiger partial charge in [0, 0.05) is 40.8 Å². The summed E-state index contributed by atoms with van der Waals surface area (Å²) in [5, 5.41) is 0. The average Bonchev–Trinajstić information content (AvgIpc) is 2.85. The number of hydrogen-bond donors (Lipinski definition) is 0. The fraction of sp³-hybridized carbons (Fsp3) is 0.222. The Hall–Kier alpha value is -3.93. The van der Waals surface area contributed by atoms with Crippen LogP contribution in [0.2, 0.25) is 0 Å². The molecule has 0 aliphatic rings. The summed E-state index contributed by atoms with van der Waals surface area (Å²) in [7, 11) is 6.05. The van der Waals surface area contributed by atoms with Crippen LogP contribution in [0.1, 0.15) is 16.7 Å². The highest BCUT2D eigenvalue weighted by molar-refractivity contribution is 5.46. The van der Waals surface area contributed by atoms with Crippen molar-refractivity contribution >= 4 is 17.8 Å². The molecule has 1 aromatic heterocycles. The molecule has 0 amide bonds. The lowest BCUT2D eigenvalue weighted by Crippen LogP contribution is -2.27. The largest absolute Gasteiger partial charge is 0.339 e. The van der Waals surface area contributed by atoms with Crippen molar-refractivity contribution in [1.29, 1.82) is 0 Å². The number of anilines is 3. The standard InChI is InChI=1S/C27H30N6/c1-31(19-22-13-7-4-8-14-22)25-28-26(32(2)20-23-15-9-5-10-16-23)30-27(29-25)33(3)21-24-17-11-6-12-18-24/h4-18H,19-21H2,1-3H3. The summed E-state index contributed by atoms with van der Waals surface area (Å²) in [5.74, 6) is 1.95. The predicted octanol–water partition coefficient (Wildman–Crippen LogP) is 4.78. The zero-order valence-electron chi connectivity index (χ0n) is 19.5. The first-order chi connectivity index (χ1) is 16.1. The number of hydrogen-bond acceptors (Lipinski definition) is 6. The van der Waals surface area contributed by atoms with Gasteiger partial charge in [0.25, 0.3) is 0 Å². The van der Waals surface area contributed by atoms with Crippen LogP contribution in [0.4, 0.5) is 17.8 Å². The molecule has 0 fully saturated rings. The van der Waals surface area contributed by atoms with E-state index in [2.05, 4.69) is 87.5 Å². The van der Waals surface area contributed by atoms with Crippen molar-refractivity contribution in [2.24, 2.45) is 0 Å². The third kappa shape index (κ3) is 6.07. The minimum absolute atomic E-state index is 0.652. The lowest BCUT2D eigenvalue weighted by Gasteiger charge is -2.24. The Morgan fingerprint density at radius 1 is 0.424 bits per heavy atom. The van der Waals surface area contributed by atoms with E-state index in [1.54, 1.807) is 0 Å². The maximum atomic E-state index is 4.82. The van der Waals surface area contributed by atoms with Crippen molar-refractivity contribution < 1.29 is 0 Å². The molecule has 0 N–H and O–H groups in total. The van der Waals surface area contributed by atoms with Gasteiger partial charge < -0.3 is 14.7 Å². The van der Waals surface area contributed by atoms with Crippen LogP contribution in [0.25, 0.3) is 0 Å². The van der Waals surface area contributed by atoms with Crippen LogP contribution in [0.3, 0.4) is 0 Å². The third-order valence-corrected chi connectivity index (χ3v) is 5.41. The molecule has 4 rings (SSSR count). The SMILES string of the molecule is CN(Cc1ccccc1)c1nc(N(C)Cc2ccccc2)nc(N(C)Cc2ccccc2)n1. The van der Waals surface area contributed by atoms with Crippen molar-refractivity contribution in [1.82, 2.24) is 15.0 Å². The second kappa shape index (κ2) is 10.6. The molecule has 33 heavy (non-hydrogen) atoms. The molecular formula is C27H30N6. The fourth-order valence-corrected chi connectivity index (χ4v) is 3.64. The lowest BCUT2D eigenvalue weighted by atomic mass is 10.2. The van der Waals surface area contributed by atoms with Gasteiger partial charge in [-0.15, -0.1) is 0 Å². The van der Waals surface area contributed by atoms with E-state index in [0.717, 1.165) is 0 Å². The molecule has 4 aromatic rings. The molecule has 1 heterocycles. The van der Waals surface area contributed by atoms with Crippen molar-refractivity contribution in [3.05, 3.63) is 108 Å². The Balaban J connectivity index is 1.62. The smallest absolute Gasteiger partial charge is 0.232 e. The first-order valence-corrected chi connectivity index (χ1v) is 11.1. The molecule has 0 aliphatic heterocycles. The lowest BCUT2D eigenvalue weighted by molar-refractivity contribution is 0.786. The van der Waals surface area contributed by atoms with E-state index in [1.807, 2.05) is 39.3 Å². The van der Waals surface area contributed by atoms with Gasteiger partial charge in [-0.3, -0.25) is 0 Å². The first-order valence-electron chi connectivity index (χ1n) is 11.1. The van der Waals surface area contributed by atoms with E-state index < -0.39 is 0 Å². The maximum absolute atomic E-state index is 4.82. The van der Waals surface area contributed by atoms with E-state index in [-0.39, 0.29) is 0 Å². The summed E-state index contributed by atoms with van der Waals surface area (Å²) in [5.41, 5.74) is 3.62. The van der Waals surface area contributed by atoms with E-state index in [4.69, 9.17) is 15.0 Å². The highest BCUT2D eigenvalue weighted by atomic mass is 15.4. The van der Waals surface area contributed by atoms with Crippen LogP contribution in [-0.2, 0) is 19.6 Å². The summed E-state index contributed by atoms with van der Waals surface area (Å²) >= 11 is 0. The van der Waals surface area contributed by atoms with E-state index in [9.17, 15) is 0 Å². The second-order valence-electron chi connectivity index (χ2n) is 8.26. The summed E-state index contributed by atoms with van der Waals surface area (Å²) in [6.45, 7) is 2.15. The van der Waals surface area contributed by atoms with Crippen LogP contribution in [0.15, 0.2) is 91.0 Å². The molecule has 0 spiro atoms. The summed E-state index contributed by atoms with van der Waals surface area (Å²) in [6.07, 6.45) is 0. The van der Waals surface area contributed by atoms with Gasteiger partial charge in [-0.05, 0) is 16.7 Å². The van der Waals surface area contributed by atoms with E-state index in [0.29, 0.717) is 37.5 Å². The van der Waals surface area contributed by atoms with Crippen LogP contribution < -0.4 is 14.7 Å². The maximum Gasteiger partial charge on any atom is 0.232 e. The van der Waals surface area contributed by atoms with Crippen molar-refractivity contribution in [3.63, 3.8) is 0 Å². The summed E-state index contributed by atoms with van der Waals surface area (Å²) < 4.78 is 0. The third-order valence-electron chi connectivity index (χ3n) is 5.41. The highest BCUT2D eigenvalue weighted by Gasteiger charge is 2.16. The van der Waals surface area contributed by atoms with Crippen LogP contribution in [0, 0.1) is 0 Å². The van der Waals surface area contributed by atoms with Gasteiger partial charge in [0.15, 0.2) is 0 Å². The van der Waals surface area contributed by atoms with Gasteiger partial charge in [0.2, 0.25) is 17.8 Å². The molecule has 0 saturated heterocycles. The van der Waals surface area contributed by atoms with Crippen LogP contribution in [0.5, 0.6) is 0 Å². The first kappa shape index (κ1) is 22.3. The van der Waals surface area contributed by atoms with Gasteiger partial charge in [-0.1, -0.05) is 91.0 Å². The molecule has 6 heteroatoms. The highest BCUT2D eigenvalue weighted by Crippen LogP contribution is 2.21. The number of benzene rings is 3. The Labute approximate surface area is 196 Å². The zero-order valence-corrected chi connectivity index (χ0v) is 19.5. The predicted molar refractivity (Wildman–Crippen MR) is 135 cm³/mol. The summed E-state index contributed by atoms with van der Waals surface area (Å²) in [6, 6.07) is 31.1. The molecule has 0 unspecified atom stereocenters. The fourth-order valence-electron chi connectivity index (χ4n) is 3.64. The number of rotatable bonds is 9. The molecule has 0 radical (unpaired) electrons. The Bertz CT molecular complexity index is 976. The minimum Gasteiger partial charge on any atom is -0.339 e. The van der Waals surface area contributed by atoms with Gasteiger partial charge >= 0.3 is 0 Å². The topological polar surface area (TPSA) is 48.4 Å². The van der Waals surface area contributed by atoms with Crippen molar-refractivity contribution in [3.8, 4) is 0 Å². The normalized spacial score (nSPS) is 10.6. The number of nitrogens with zero attached hydrogens (tertiary/aromatic N) is 6.